The second kappa shape index (κ2) is 4.13. The molecule has 1 aromatic rings. The molecule has 3 nitrogen and oxygen atoms in total. The molecule has 1 aromatic carbocycles. The molecule has 1 atom stereocenters. The van der Waals surface area contributed by atoms with Crippen LogP contribution in [0.1, 0.15) is 11.7 Å². The van der Waals surface area contributed by atoms with Gasteiger partial charge >= 0.3 is 5.97 Å². The molecular weight excluding hydrogens is 234 g/mol. The monoisotopic (exact) mass is 238 g/mol. The van der Waals surface area contributed by atoms with Crippen LogP contribution in [-0.2, 0) is 4.79 Å². The molecule has 0 amide bonds. The summed E-state index contributed by atoms with van der Waals surface area (Å²) in [6, 6.07) is 2.29. The third-order valence-electron chi connectivity index (χ3n) is 1.59. The van der Waals surface area contributed by atoms with Gasteiger partial charge < -0.3 is 10.2 Å². The first-order valence-electron chi connectivity index (χ1n) is 3.49. The Kier molecular flexibility index (Phi) is 3.31. The summed E-state index contributed by atoms with van der Waals surface area (Å²) in [5.41, 5.74) is -0.221. The summed E-state index contributed by atoms with van der Waals surface area (Å²) in [5.74, 6) is -2.44. The Labute approximate surface area is 88.7 Å². The number of halogens is 3. The number of aliphatic hydroxyl groups is 1. The molecule has 0 aliphatic rings. The van der Waals surface area contributed by atoms with Crippen LogP contribution in [0.5, 0.6) is 0 Å². The second-order valence-corrected chi connectivity index (χ2v) is 3.29. The highest BCUT2D eigenvalue weighted by Gasteiger charge is 2.21. The Morgan fingerprint density at radius 1 is 1.43 bits per heavy atom. The summed E-state index contributed by atoms with van der Waals surface area (Å²) in [6.07, 6.45) is -1.85. The zero-order chi connectivity index (χ0) is 10.9. The number of rotatable bonds is 2. The molecule has 0 aliphatic heterocycles. The number of benzene rings is 1. The number of carbonyl (C=O) groups is 1. The fourth-order valence-electron chi connectivity index (χ4n) is 0.885. The van der Waals surface area contributed by atoms with Crippen LogP contribution in [0.25, 0.3) is 0 Å². The zero-order valence-corrected chi connectivity index (χ0v) is 8.18. The average molecular weight is 239 g/mol. The fraction of sp³-hybridized carbons (Fsp3) is 0.125. The van der Waals surface area contributed by atoms with Crippen molar-refractivity contribution in [2.45, 2.75) is 6.10 Å². The van der Waals surface area contributed by atoms with E-state index >= 15 is 0 Å². The normalized spacial score (nSPS) is 12.6. The molecule has 2 N–H and O–H groups in total. The van der Waals surface area contributed by atoms with E-state index in [0.29, 0.717) is 0 Å². The highest BCUT2D eigenvalue weighted by atomic mass is 35.5. The van der Waals surface area contributed by atoms with Gasteiger partial charge in [-0.2, -0.15) is 0 Å². The minimum Gasteiger partial charge on any atom is -0.479 e. The third-order valence-corrected chi connectivity index (χ3v) is 2.27. The van der Waals surface area contributed by atoms with Crippen LogP contribution in [0, 0.1) is 5.82 Å². The Bertz CT molecular complexity index is 381. The molecule has 0 radical (unpaired) electrons. The summed E-state index contributed by atoms with van der Waals surface area (Å²) in [7, 11) is 0. The molecule has 1 unspecified atom stereocenters. The second-order valence-electron chi connectivity index (χ2n) is 2.51. The van der Waals surface area contributed by atoms with Crippen molar-refractivity contribution in [2.75, 3.05) is 0 Å². The van der Waals surface area contributed by atoms with E-state index < -0.39 is 22.9 Å². The van der Waals surface area contributed by atoms with Crippen molar-refractivity contribution in [3.8, 4) is 0 Å². The molecule has 0 fully saturated rings. The quantitative estimate of drug-likeness (QED) is 0.778. The standard InChI is InChI=1S/C8H5Cl2FO3/c9-4-2-1-3(5(10)6(4)11)7(12)8(13)14/h1-2,7,12H,(H,13,14). The number of aliphatic carboxylic acids is 1. The largest absolute Gasteiger partial charge is 0.479 e. The third kappa shape index (κ3) is 1.97. The topological polar surface area (TPSA) is 57.5 Å². The van der Waals surface area contributed by atoms with Crippen molar-refractivity contribution in [3.63, 3.8) is 0 Å². The first-order chi connectivity index (χ1) is 6.45. The van der Waals surface area contributed by atoms with E-state index in [1.54, 1.807) is 0 Å². The molecule has 0 aliphatic carbocycles. The van der Waals surface area contributed by atoms with E-state index in [1.165, 1.54) is 0 Å². The van der Waals surface area contributed by atoms with E-state index in [0.717, 1.165) is 12.1 Å². The Morgan fingerprint density at radius 3 is 2.50 bits per heavy atom. The fourth-order valence-corrected chi connectivity index (χ4v) is 1.36. The van der Waals surface area contributed by atoms with Crippen molar-refractivity contribution < 1.29 is 19.4 Å². The molecule has 14 heavy (non-hydrogen) atoms. The summed E-state index contributed by atoms with van der Waals surface area (Å²) >= 11 is 10.8. The summed E-state index contributed by atoms with van der Waals surface area (Å²) in [5, 5.41) is 16.9. The van der Waals surface area contributed by atoms with Gasteiger partial charge in [-0.25, -0.2) is 9.18 Å². The maximum atomic E-state index is 13.0. The molecule has 0 saturated carbocycles. The van der Waals surface area contributed by atoms with Crippen LogP contribution in [0.4, 0.5) is 4.39 Å². The SMILES string of the molecule is O=C(O)C(O)c1ccc(Cl)c(F)c1Cl. The Hall–Kier alpha value is -0.840. The van der Waals surface area contributed by atoms with Gasteiger partial charge in [0.2, 0.25) is 0 Å². The maximum absolute atomic E-state index is 13.0. The molecule has 1 rings (SSSR count). The summed E-state index contributed by atoms with van der Waals surface area (Å²) < 4.78 is 13.0. The first kappa shape index (κ1) is 11.2. The van der Waals surface area contributed by atoms with Gasteiger partial charge in [0.15, 0.2) is 11.9 Å². The highest BCUT2D eigenvalue weighted by Crippen LogP contribution is 2.30. The van der Waals surface area contributed by atoms with Crippen LogP contribution in [0.2, 0.25) is 10.0 Å². The van der Waals surface area contributed by atoms with E-state index in [2.05, 4.69) is 0 Å². The van der Waals surface area contributed by atoms with E-state index in [-0.39, 0.29) is 10.6 Å². The van der Waals surface area contributed by atoms with Gasteiger partial charge in [-0.05, 0) is 6.07 Å². The van der Waals surface area contributed by atoms with Crippen LogP contribution >= 0.6 is 23.2 Å². The van der Waals surface area contributed by atoms with E-state index in [9.17, 15) is 9.18 Å². The van der Waals surface area contributed by atoms with E-state index in [1.807, 2.05) is 0 Å². The Balaban J connectivity index is 3.24. The number of hydrogen-bond acceptors (Lipinski definition) is 2. The van der Waals surface area contributed by atoms with Gasteiger partial charge in [-0.3, -0.25) is 0 Å². The van der Waals surface area contributed by atoms with E-state index in [4.69, 9.17) is 33.4 Å². The van der Waals surface area contributed by atoms with Gasteiger partial charge in [-0.15, -0.1) is 0 Å². The predicted molar refractivity (Wildman–Crippen MR) is 49.0 cm³/mol. The summed E-state index contributed by atoms with van der Waals surface area (Å²) in [4.78, 5) is 10.4. The molecule has 0 bridgehead atoms. The lowest BCUT2D eigenvalue weighted by Gasteiger charge is -2.08. The van der Waals surface area contributed by atoms with Crippen LogP contribution in [0.15, 0.2) is 12.1 Å². The number of hydrogen-bond donors (Lipinski definition) is 2. The molecule has 0 saturated heterocycles. The molecular formula is C8H5Cl2FO3. The molecule has 0 aromatic heterocycles. The number of carboxylic acid groups (broad SMARTS) is 1. The minimum atomic E-state index is -1.85. The lowest BCUT2D eigenvalue weighted by molar-refractivity contribution is -0.146. The van der Waals surface area contributed by atoms with Crippen LogP contribution in [0.3, 0.4) is 0 Å². The van der Waals surface area contributed by atoms with Crippen LogP contribution < -0.4 is 0 Å². The van der Waals surface area contributed by atoms with Gasteiger partial charge in [-0.1, -0.05) is 29.3 Å². The predicted octanol–water partition coefficient (Wildman–Crippen LogP) is 2.25. The van der Waals surface area contributed by atoms with Gasteiger partial charge in [0.25, 0.3) is 0 Å². The molecule has 0 spiro atoms. The Morgan fingerprint density at radius 2 is 2.00 bits per heavy atom. The smallest absolute Gasteiger partial charge is 0.337 e. The van der Waals surface area contributed by atoms with Crippen LogP contribution in [-0.4, -0.2) is 16.2 Å². The molecule has 6 heteroatoms. The lowest BCUT2D eigenvalue weighted by atomic mass is 10.1. The van der Waals surface area contributed by atoms with Gasteiger partial charge in [0.1, 0.15) is 0 Å². The number of carboxylic acids is 1. The average Bonchev–Trinajstić information content (AvgIpc) is 2.13. The van der Waals surface area contributed by atoms with Crippen molar-refractivity contribution in [1.29, 1.82) is 0 Å². The lowest BCUT2D eigenvalue weighted by Crippen LogP contribution is -2.11. The van der Waals surface area contributed by atoms with Crippen molar-refractivity contribution in [1.82, 2.24) is 0 Å². The molecule has 76 valence electrons. The zero-order valence-electron chi connectivity index (χ0n) is 6.67. The van der Waals surface area contributed by atoms with Gasteiger partial charge in [0.05, 0.1) is 10.0 Å². The highest BCUT2D eigenvalue weighted by molar-refractivity contribution is 6.35. The van der Waals surface area contributed by atoms with Crippen molar-refractivity contribution in [3.05, 3.63) is 33.6 Å². The minimum absolute atomic E-state index is 0.221. The van der Waals surface area contributed by atoms with Crippen molar-refractivity contribution >= 4 is 29.2 Å². The number of aliphatic hydroxyl groups excluding tert-OH is 1. The maximum Gasteiger partial charge on any atom is 0.337 e. The van der Waals surface area contributed by atoms with Crippen molar-refractivity contribution in [2.24, 2.45) is 0 Å². The van der Waals surface area contributed by atoms with Gasteiger partial charge in [0, 0.05) is 5.56 Å². The molecule has 0 heterocycles. The summed E-state index contributed by atoms with van der Waals surface area (Å²) in [6.45, 7) is 0. The first-order valence-corrected chi connectivity index (χ1v) is 4.25.